The number of aromatic nitrogens is 2. The minimum absolute atomic E-state index is 0.191. The van der Waals surface area contributed by atoms with Crippen LogP contribution in [0.2, 0.25) is 0 Å². The molecule has 2 aromatic rings. The Morgan fingerprint density at radius 1 is 1.22 bits per heavy atom. The van der Waals surface area contributed by atoms with Gasteiger partial charge in [-0.15, -0.1) is 0 Å². The zero-order valence-electron chi connectivity index (χ0n) is 13.3. The van der Waals surface area contributed by atoms with E-state index >= 15 is 0 Å². The van der Waals surface area contributed by atoms with Gasteiger partial charge in [-0.1, -0.05) is 13.0 Å². The van der Waals surface area contributed by atoms with E-state index in [9.17, 15) is 8.78 Å². The quantitative estimate of drug-likeness (QED) is 0.927. The van der Waals surface area contributed by atoms with Crippen molar-refractivity contribution in [1.29, 1.82) is 0 Å². The van der Waals surface area contributed by atoms with E-state index in [-0.39, 0.29) is 5.69 Å². The minimum atomic E-state index is -0.644. The molecule has 23 heavy (non-hydrogen) atoms. The molecule has 3 rings (SSSR count). The number of halogens is 2. The first-order chi connectivity index (χ1) is 11.0. The summed E-state index contributed by atoms with van der Waals surface area (Å²) in [5.74, 6) is 1.08. The van der Waals surface area contributed by atoms with E-state index in [1.807, 2.05) is 0 Å². The molecule has 2 heterocycles. The van der Waals surface area contributed by atoms with Crippen molar-refractivity contribution in [3.8, 4) is 0 Å². The fraction of sp³-hybridized carbons (Fsp3) is 0.412. The molecule has 0 radical (unpaired) electrons. The van der Waals surface area contributed by atoms with Crippen LogP contribution in [0.1, 0.15) is 25.6 Å². The van der Waals surface area contributed by atoms with Crippen molar-refractivity contribution >= 4 is 17.3 Å². The summed E-state index contributed by atoms with van der Waals surface area (Å²) in [6.45, 7) is 5.87. The molecule has 6 heteroatoms. The second-order valence-corrected chi connectivity index (χ2v) is 6.07. The Kier molecular flexibility index (Phi) is 4.41. The summed E-state index contributed by atoms with van der Waals surface area (Å²) in [7, 11) is 0. The lowest BCUT2D eigenvalue weighted by molar-refractivity contribution is 0.444. The first kappa shape index (κ1) is 15.6. The van der Waals surface area contributed by atoms with E-state index in [0.717, 1.165) is 25.3 Å². The summed E-state index contributed by atoms with van der Waals surface area (Å²) in [5.41, 5.74) is -0.191. The number of hydrogen-bond donors (Lipinski definition) is 1. The van der Waals surface area contributed by atoms with Gasteiger partial charge >= 0.3 is 0 Å². The van der Waals surface area contributed by atoms with Crippen molar-refractivity contribution in [2.75, 3.05) is 23.3 Å². The van der Waals surface area contributed by atoms with Crippen molar-refractivity contribution in [2.45, 2.75) is 26.7 Å². The molecule has 1 N–H and O–H groups in total. The highest BCUT2D eigenvalue weighted by Gasteiger charge is 2.19. The van der Waals surface area contributed by atoms with Crippen molar-refractivity contribution in [2.24, 2.45) is 5.92 Å². The maximum atomic E-state index is 13.8. The molecule has 1 aromatic heterocycles. The maximum Gasteiger partial charge on any atom is 0.149 e. The molecule has 4 nitrogen and oxygen atoms in total. The van der Waals surface area contributed by atoms with Crippen molar-refractivity contribution < 1.29 is 8.78 Å². The fourth-order valence-electron chi connectivity index (χ4n) is 2.92. The van der Waals surface area contributed by atoms with Crippen LogP contribution in [0.3, 0.4) is 0 Å². The Balaban J connectivity index is 1.88. The van der Waals surface area contributed by atoms with Crippen LogP contribution in [-0.4, -0.2) is 23.1 Å². The van der Waals surface area contributed by atoms with Crippen LogP contribution in [0.4, 0.5) is 26.1 Å². The van der Waals surface area contributed by atoms with Gasteiger partial charge in [0, 0.05) is 19.2 Å². The first-order valence-corrected chi connectivity index (χ1v) is 7.84. The van der Waals surface area contributed by atoms with Gasteiger partial charge in [0.1, 0.15) is 34.8 Å². The summed E-state index contributed by atoms with van der Waals surface area (Å²) in [5, 5.41) is 2.74. The van der Waals surface area contributed by atoms with E-state index < -0.39 is 11.6 Å². The number of para-hydroxylation sites is 1. The van der Waals surface area contributed by atoms with Crippen molar-refractivity contribution in [3.63, 3.8) is 0 Å². The van der Waals surface area contributed by atoms with Crippen LogP contribution in [0, 0.1) is 24.5 Å². The lowest BCUT2D eigenvalue weighted by Crippen LogP contribution is -2.35. The van der Waals surface area contributed by atoms with Crippen LogP contribution in [0.15, 0.2) is 24.3 Å². The van der Waals surface area contributed by atoms with Crippen molar-refractivity contribution in [1.82, 2.24) is 9.97 Å². The molecule has 1 unspecified atom stereocenters. The van der Waals surface area contributed by atoms with Gasteiger partial charge in [0.2, 0.25) is 0 Å². The Morgan fingerprint density at radius 3 is 2.65 bits per heavy atom. The SMILES string of the molecule is Cc1nc(Nc2c(F)cccc2F)cc(N2CCCC(C)C2)n1. The molecule has 0 aliphatic carbocycles. The molecule has 1 atom stereocenters. The average Bonchev–Trinajstić information content (AvgIpc) is 2.51. The molecule has 0 saturated carbocycles. The topological polar surface area (TPSA) is 41.1 Å². The lowest BCUT2D eigenvalue weighted by atomic mass is 10.0. The molecule has 1 aliphatic rings. The highest BCUT2D eigenvalue weighted by molar-refractivity contribution is 5.61. The maximum absolute atomic E-state index is 13.8. The second-order valence-electron chi connectivity index (χ2n) is 6.07. The molecule has 0 bridgehead atoms. The Hall–Kier alpha value is -2.24. The monoisotopic (exact) mass is 318 g/mol. The highest BCUT2D eigenvalue weighted by atomic mass is 19.1. The lowest BCUT2D eigenvalue weighted by Gasteiger charge is -2.32. The minimum Gasteiger partial charge on any atom is -0.356 e. The molecular formula is C17H20F2N4. The Bertz CT molecular complexity index is 685. The van der Waals surface area contributed by atoms with Gasteiger partial charge in [-0.2, -0.15) is 0 Å². The summed E-state index contributed by atoms with van der Waals surface area (Å²) in [6.07, 6.45) is 2.33. The van der Waals surface area contributed by atoms with Crippen LogP contribution in [-0.2, 0) is 0 Å². The predicted octanol–water partition coefficient (Wildman–Crippen LogP) is 4.04. The predicted molar refractivity (Wildman–Crippen MR) is 87.0 cm³/mol. The number of aryl methyl sites for hydroxylation is 1. The van der Waals surface area contributed by atoms with Gasteiger partial charge in [0.25, 0.3) is 0 Å². The van der Waals surface area contributed by atoms with Gasteiger partial charge < -0.3 is 10.2 Å². The first-order valence-electron chi connectivity index (χ1n) is 7.84. The van der Waals surface area contributed by atoms with E-state index in [1.54, 1.807) is 13.0 Å². The molecule has 1 aromatic carbocycles. The summed E-state index contributed by atoms with van der Waals surface area (Å²) >= 11 is 0. The summed E-state index contributed by atoms with van der Waals surface area (Å²) in [4.78, 5) is 10.9. The van der Waals surface area contributed by atoms with E-state index in [2.05, 4.69) is 27.1 Å². The number of anilines is 3. The van der Waals surface area contributed by atoms with Crippen LogP contribution in [0.25, 0.3) is 0 Å². The number of benzene rings is 1. The number of piperidine rings is 1. The van der Waals surface area contributed by atoms with Crippen molar-refractivity contribution in [3.05, 3.63) is 41.7 Å². The van der Waals surface area contributed by atoms with Crippen LogP contribution >= 0.6 is 0 Å². The number of hydrogen-bond acceptors (Lipinski definition) is 4. The molecule has 1 aliphatic heterocycles. The molecule has 0 amide bonds. The van der Waals surface area contributed by atoms with Gasteiger partial charge in [-0.05, 0) is 37.8 Å². The second kappa shape index (κ2) is 6.48. The highest BCUT2D eigenvalue weighted by Crippen LogP contribution is 2.26. The normalized spacial score (nSPS) is 18.1. The summed E-state index contributed by atoms with van der Waals surface area (Å²) < 4.78 is 27.6. The Labute approximate surface area is 134 Å². The standard InChI is InChI=1S/C17H20F2N4/c1-11-5-4-8-23(10-11)16-9-15(20-12(2)21-16)22-17-13(18)6-3-7-14(17)19/h3,6-7,9,11H,4-5,8,10H2,1-2H3,(H,20,21,22). The number of rotatable bonds is 3. The molecule has 122 valence electrons. The van der Waals surface area contributed by atoms with Crippen LogP contribution in [0.5, 0.6) is 0 Å². The molecule has 1 fully saturated rings. The third-order valence-electron chi connectivity index (χ3n) is 4.02. The Morgan fingerprint density at radius 2 is 1.96 bits per heavy atom. The molecule has 1 saturated heterocycles. The van der Waals surface area contributed by atoms with Gasteiger partial charge in [0.15, 0.2) is 0 Å². The molecule has 0 spiro atoms. The van der Waals surface area contributed by atoms with Gasteiger partial charge in [-0.25, -0.2) is 18.7 Å². The fourth-order valence-corrected chi connectivity index (χ4v) is 2.92. The van der Waals surface area contributed by atoms with Gasteiger partial charge in [-0.3, -0.25) is 0 Å². The largest absolute Gasteiger partial charge is 0.356 e. The van der Waals surface area contributed by atoms with Crippen LogP contribution < -0.4 is 10.2 Å². The average molecular weight is 318 g/mol. The van der Waals surface area contributed by atoms with E-state index in [1.165, 1.54) is 24.6 Å². The number of nitrogens with one attached hydrogen (secondary N) is 1. The third-order valence-corrected chi connectivity index (χ3v) is 4.02. The zero-order valence-corrected chi connectivity index (χ0v) is 13.3. The smallest absolute Gasteiger partial charge is 0.149 e. The molecular weight excluding hydrogens is 298 g/mol. The van der Waals surface area contributed by atoms with E-state index in [4.69, 9.17) is 0 Å². The van der Waals surface area contributed by atoms with E-state index in [0.29, 0.717) is 17.6 Å². The summed E-state index contributed by atoms with van der Waals surface area (Å²) in [6, 6.07) is 5.51. The third kappa shape index (κ3) is 3.57. The van der Waals surface area contributed by atoms with Gasteiger partial charge in [0.05, 0.1) is 0 Å². The zero-order chi connectivity index (χ0) is 16.4. The number of nitrogens with zero attached hydrogens (tertiary/aromatic N) is 3.